The van der Waals surface area contributed by atoms with E-state index in [9.17, 15) is 4.79 Å². The van der Waals surface area contributed by atoms with Crippen molar-refractivity contribution in [2.75, 3.05) is 18.5 Å². The van der Waals surface area contributed by atoms with Crippen molar-refractivity contribution in [2.24, 2.45) is 5.84 Å². The maximum Gasteiger partial charge on any atom is 0.333 e. The summed E-state index contributed by atoms with van der Waals surface area (Å²) in [5.41, 5.74) is 3.21. The van der Waals surface area contributed by atoms with Gasteiger partial charge in [0.25, 0.3) is 0 Å². The van der Waals surface area contributed by atoms with Crippen molar-refractivity contribution < 1.29 is 19.0 Å². The van der Waals surface area contributed by atoms with Gasteiger partial charge in [0.2, 0.25) is 5.79 Å². The molecule has 4 rings (SSSR count). The molecule has 2 aromatic carbocycles. The third-order valence-corrected chi connectivity index (χ3v) is 5.36. The lowest BCUT2D eigenvalue weighted by Gasteiger charge is -2.30. The molecule has 3 aromatic rings. The average molecular weight is 478 g/mol. The van der Waals surface area contributed by atoms with Gasteiger partial charge in [0.05, 0.1) is 24.5 Å². The molecular weight excluding hydrogens is 457 g/mol. The Balaban J connectivity index is 1.48. The number of nitrogens with one attached hydrogen (secondary N) is 2. The van der Waals surface area contributed by atoms with Crippen LogP contribution in [0.2, 0.25) is 10.0 Å². The van der Waals surface area contributed by atoms with Crippen LogP contribution < -0.4 is 21.3 Å². The second kappa shape index (κ2) is 9.76. The highest BCUT2D eigenvalue weighted by molar-refractivity contribution is 6.35. The van der Waals surface area contributed by atoms with Crippen LogP contribution in [-0.4, -0.2) is 34.9 Å². The van der Waals surface area contributed by atoms with Gasteiger partial charge in [-0.1, -0.05) is 35.3 Å². The molecule has 0 aliphatic carbocycles. The highest BCUT2D eigenvalue weighted by Gasteiger charge is 2.45. The fourth-order valence-electron chi connectivity index (χ4n) is 3.40. The molecule has 11 heteroatoms. The van der Waals surface area contributed by atoms with Crippen LogP contribution in [0.3, 0.4) is 0 Å². The molecule has 168 valence electrons. The molecule has 0 radical (unpaired) electrons. The molecule has 2 unspecified atom stereocenters. The number of carbonyl (C=O) groups excluding carboxylic acids is 1. The van der Waals surface area contributed by atoms with Gasteiger partial charge in [-0.3, -0.25) is 5.43 Å². The number of nitrogens with zero attached hydrogens (tertiary/aromatic N) is 2. The molecule has 0 saturated carbocycles. The Morgan fingerprint density at radius 2 is 2.19 bits per heavy atom. The zero-order chi connectivity index (χ0) is 22.6. The first kappa shape index (κ1) is 22.4. The number of aromatic nitrogens is 2. The number of carbonyl (C=O) groups is 1. The maximum atomic E-state index is 11.4. The first-order chi connectivity index (χ1) is 15.5. The summed E-state index contributed by atoms with van der Waals surface area (Å²) in [6.07, 6.45) is 4.81. The van der Waals surface area contributed by atoms with Crippen LogP contribution >= 0.6 is 23.2 Å². The van der Waals surface area contributed by atoms with E-state index >= 15 is 0 Å². The van der Waals surface area contributed by atoms with E-state index < -0.39 is 11.8 Å². The van der Waals surface area contributed by atoms with Crippen LogP contribution in [0.25, 0.3) is 0 Å². The number of hydrogen-bond donors (Lipinski definition) is 3. The Hall–Kier alpha value is -2.82. The van der Waals surface area contributed by atoms with E-state index in [4.69, 9.17) is 43.3 Å². The molecule has 1 fully saturated rings. The van der Waals surface area contributed by atoms with Crippen molar-refractivity contribution in [3.8, 4) is 5.75 Å². The maximum absolute atomic E-state index is 11.4. The minimum absolute atomic E-state index is 0.226. The number of ether oxygens (including phenoxy) is 3. The summed E-state index contributed by atoms with van der Waals surface area (Å²) >= 11 is 12.6. The molecule has 1 aliphatic rings. The summed E-state index contributed by atoms with van der Waals surface area (Å²) in [5.74, 6) is 4.52. The zero-order valence-electron chi connectivity index (χ0n) is 16.8. The normalized spacial score (nSPS) is 20.2. The van der Waals surface area contributed by atoms with Crippen molar-refractivity contribution >= 4 is 34.9 Å². The smallest absolute Gasteiger partial charge is 0.333 e. The van der Waals surface area contributed by atoms with E-state index in [1.807, 2.05) is 16.2 Å². The van der Waals surface area contributed by atoms with E-state index in [0.717, 1.165) is 0 Å². The SMILES string of the molecule is NNC(=O)Nc1cccc(OCC2COC(Cn3ccnc3)(c3ccc(Cl)cc3Cl)O2)c1. The zero-order valence-corrected chi connectivity index (χ0v) is 18.3. The number of urea groups is 1. The molecule has 2 heterocycles. The molecule has 2 atom stereocenters. The topological polar surface area (TPSA) is 113 Å². The largest absolute Gasteiger partial charge is 0.491 e. The number of halogens is 2. The molecule has 4 N–H and O–H groups in total. The second-order valence-electron chi connectivity index (χ2n) is 7.10. The van der Waals surface area contributed by atoms with Crippen molar-refractivity contribution in [3.63, 3.8) is 0 Å². The second-order valence-corrected chi connectivity index (χ2v) is 7.94. The standard InChI is InChI=1S/C21H21Cl2N5O4/c22-14-4-5-18(19(23)8-14)21(12-28-7-6-25-13-28)31-11-17(32-21)10-30-16-3-1-2-15(9-16)26-20(29)27-24/h1-9,13,17H,10-12,24H2,(H2,26,27,29). The third kappa shape index (κ3) is 5.14. The molecular formula is C21H21Cl2N5O4. The van der Waals surface area contributed by atoms with Crippen LogP contribution in [0.5, 0.6) is 5.75 Å². The molecule has 1 aliphatic heterocycles. The number of rotatable bonds is 7. The van der Waals surface area contributed by atoms with Gasteiger partial charge < -0.3 is 24.1 Å². The van der Waals surface area contributed by atoms with Crippen LogP contribution in [-0.2, 0) is 21.8 Å². The molecule has 9 nitrogen and oxygen atoms in total. The Kier molecular flexibility index (Phi) is 6.83. The number of hydrazine groups is 1. The Bertz CT molecular complexity index is 1080. The Morgan fingerprint density at radius 3 is 2.94 bits per heavy atom. The summed E-state index contributed by atoms with van der Waals surface area (Å²) in [7, 11) is 0. The van der Waals surface area contributed by atoms with Crippen LogP contribution in [0.4, 0.5) is 10.5 Å². The quantitative estimate of drug-likeness (QED) is 0.272. The van der Waals surface area contributed by atoms with Crippen LogP contribution in [0.1, 0.15) is 5.56 Å². The first-order valence-electron chi connectivity index (χ1n) is 9.71. The lowest BCUT2D eigenvalue weighted by atomic mass is 10.1. The molecule has 2 amide bonds. The summed E-state index contributed by atoms with van der Waals surface area (Å²) in [5, 5.41) is 3.55. The minimum atomic E-state index is -1.13. The lowest BCUT2D eigenvalue weighted by molar-refractivity contribution is -0.189. The number of anilines is 1. The number of benzene rings is 2. The Labute approximate surface area is 194 Å². The summed E-state index contributed by atoms with van der Waals surface area (Å²) in [6, 6.07) is 11.6. The third-order valence-electron chi connectivity index (χ3n) is 4.81. The summed E-state index contributed by atoms with van der Waals surface area (Å²) < 4.78 is 20.2. The van der Waals surface area contributed by atoms with E-state index in [0.29, 0.717) is 40.2 Å². The highest BCUT2D eigenvalue weighted by atomic mass is 35.5. The van der Waals surface area contributed by atoms with Gasteiger partial charge >= 0.3 is 6.03 Å². The van der Waals surface area contributed by atoms with Crippen molar-refractivity contribution in [1.29, 1.82) is 0 Å². The van der Waals surface area contributed by atoms with E-state index in [2.05, 4.69) is 10.3 Å². The minimum Gasteiger partial charge on any atom is -0.491 e. The van der Waals surface area contributed by atoms with Gasteiger partial charge in [0, 0.05) is 34.7 Å². The monoisotopic (exact) mass is 477 g/mol. The van der Waals surface area contributed by atoms with Crippen molar-refractivity contribution in [2.45, 2.75) is 18.4 Å². The van der Waals surface area contributed by atoms with Gasteiger partial charge in [-0.2, -0.15) is 0 Å². The van der Waals surface area contributed by atoms with Crippen LogP contribution in [0, 0.1) is 0 Å². The molecule has 32 heavy (non-hydrogen) atoms. The van der Waals surface area contributed by atoms with E-state index in [1.165, 1.54) is 0 Å². The van der Waals surface area contributed by atoms with Crippen LogP contribution in [0.15, 0.2) is 61.2 Å². The molecule has 1 aromatic heterocycles. The van der Waals surface area contributed by atoms with E-state index in [1.54, 1.807) is 55.0 Å². The highest BCUT2D eigenvalue weighted by Crippen LogP contribution is 2.40. The van der Waals surface area contributed by atoms with Gasteiger partial charge in [0.1, 0.15) is 18.5 Å². The summed E-state index contributed by atoms with van der Waals surface area (Å²) in [6.45, 7) is 0.864. The lowest BCUT2D eigenvalue weighted by Crippen LogP contribution is -2.34. The predicted molar refractivity (Wildman–Crippen MR) is 119 cm³/mol. The number of imidazole rings is 1. The van der Waals surface area contributed by atoms with Crippen molar-refractivity contribution in [3.05, 3.63) is 76.8 Å². The van der Waals surface area contributed by atoms with Gasteiger partial charge in [-0.15, -0.1) is 0 Å². The fraction of sp³-hybridized carbons (Fsp3) is 0.238. The average Bonchev–Trinajstić information content (AvgIpc) is 3.43. The molecule has 0 bridgehead atoms. The van der Waals surface area contributed by atoms with Gasteiger partial charge in [0.15, 0.2) is 0 Å². The van der Waals surface area contributed by atoms with Gasteiger partial charge in [-0.05, 0) is 24.3 Å². The van der Waals surface area contributed by atoms with E-state index in [-0.39, 0.29) is 12.7 Å². The predicted octanol–water partition coefficient (Wildman–Crippen LogP) is 3.53. The number of nitrogens with two attached hydrogens (primary N) is 1. The molecule has 1 saturated heterocycles. The van der Waals surface area contributed by atoms with Gasteiger partial charge in [-0.25, -0.2) is 15.6 Å². The fourth-order valence-corrected chi connectivity index (χ4v) is 3.95. The number of hydrogen-bond acceptors (Lipinski definition) is 6. The Morgan fingerprint density at radius 1 is 1.31 bits per heavy atom. The first-order valence-corrected chi connectivity index (χ1v) is 10.5. The molecule has 0 spiro atoms. The summed E-state index contributed by atoms with van der Waals surface area (Å²) in [4.78, 5) is 15.5. The number of amides is 2. The van der Waals surface area contributed by atoms with Crippen molar-refractivity contribution in [1.82, 2.24) is 15.0 Å².